The van der Waals surface area contributed by atoms with Crippen molar-refractivity contribution < 1.29 is 9.59 Å². The van der Waals surface area contributed by atoms with Gasteiger partial charge in [-0.25, -0.2) is 0 Å². The molecule has 2 N–H and O–H groups in total. The Morgan fingerprint density at radius 1 is 1.04 bits per heavy atom. The molecule has 0 aromatic heterocycles. The highest BCUT2D eigenvalue weighted by atomic mass is 35.5. The van der Waals surface area contributed by atoms with E-state index in [1.165, 1.54) is 0 Å². The van der Waals surface area contributed by atoms with Gasteiger partial charge in [-0.1, -0.05) is 11.6 Å². The van der Waals surface area contributed by atoms with Crippen LogP contribution in [0.15, 0.2) is 24.3 Å². The van der Waals surface area contributed by atoms with Crippen molar-refractivity contribution in [3.63, 3.8) is 0 Å². The maximum Gasteiger partial charge on any atom is 0.253 e. The molecule has 2 heterocycles. The maximum absolute atomic E-state index is 12.5. The molecular formula is C17H22ClN3O2. The second kappa shape index (κ2) is 6.89. The van der Waals surface area contributed by atoms with Gasteiger partial charge in [0.1, 0.15) is 0 Å². The third kappa shape index (κ3) is 3.51. The van der Waals surface area contributed by atoms with Crippen LogP contribution in [0.4, 0.5) is 0 Å². The summed E-state index contributed by atoms with van der Waals surface area (Å²) in [5.74, 6) is -0.171. The number of likely N-dealkylation sites (tertiary alicyclic amines) is 2. The van der Waals surface area contributed by atoms with E-state index in [-0.39, 0.29) is 17.9 Å². The van der Waals surface area contributed by atoms with Crippen LogP contribution in [0.3, 0.4) is 0 Å². The fourth-order valence-electron chi connectivity index (χ4n) is 3.71. The molecule has 2 amide bonds. The van der Waals surface area contributed by atoms with Gasteiger partial charge in [-0.2, -0.15) is 0 Å². The normalized spacial score (nSPS) is 23.2. The van der Waals surface area contributed by atoms with E-state index >= 15 is 0 Å². The molecule has 0 aliphatic carbocycles. The molecule has 23 heavy (non-hydrogen) atoms. The Morgan fingerprint density at radius 3 is 2.30 bits per heavy atom. The minimum absolute atomic E-state index is 0.0491. The topological polar surface area (TPSA) is 66.6 Å². The third-order valence-corrected chi connectivity index (χ3v) is 5.19. The zero-order valence-corrected chi connectivity index (χ0v) is 13.8. The van der Waals surface area contributed by atoms with Crippen LogP contribution in [-0.4, -0.2) is 53.3 Å². The van der Waals surface area contributed by atoms with E-state index in [0.29, 0.717) is 29.7 Å². The summed E-state index contributed by atoms with van der Waals surface area (Å²) in [7, 11) is 0. The summed E-state index contributed by atoms with van der Waals surface area (Å²) in [6.07, 6.45) is 3.67. The molecule has 124 valence electrons. The first-order valence-electron chi connectivity index (χ1n) is 8.16. The molecular weight excluding hydrogens is 314 g/mol. The molecule has 1 aromatic rings. The number of amides is 2. The highest BCUT2D eigenvalue weighted by Gasteiger charge is 2.36. The van der Waals surface area contributed by atoms with E-state index in [1.54, 1.807) is 24.3 Å². The van der Waals surface area contributed by atoms with Crippen molar-refractivity contribution in [2.24, 2.45) is 5.73 Å². The molecule has 0 bridgehead atoms. The van der Waals surface area contributed by atoms with E-state index in [0.717, 1.165) is 32.2 Å². The van der Waals surface area contributed by atoms with E-state index in [9.17, 15) is 9.59 Å². The Labute approximate surface area is 141 Å². The van der Waals surface area contributed by atoms with Crippen LogP contribution in [0.1, 0.15) is 36.0 Å². The van der Waals surface area contributed by atoms with Gasteiger partial charge in [-0.15, -0.1) is 0 Å². The number of piperidine rings is 1. The van der Waals surface area contributed by atoms with Crippen molar-refractivity contribution in [3.8, 4) is 0 Å². The summed E-state index contributed by atoms with van der Waals surface area (Å²) in [4.78, 5) is 28.2. The Balaban J connectivity index is 1.59. The Morgan fingerprint density at radius 2 is 1.70 bits per heavy atom. The maximum atomic E-state index is 12.5. The first-order chi connectivity index (χ1) is 11.1. The molecule has 0 saturated carbocycles. The summed E-state index contributed by atoms with van der Waals surface area (Å²) in [5, 5.41) is 0.631. The third-order valence-electron chi connectivity index (χ3n) is 4.93. The number of hydrogen-bond donors (Lipinski definition) is 1. The van der Waals surface area contributed by atoms with Gasteiger partial charge >= 0.3 is 0 Å². The van der Waals surface area contributed by atoms with Crippen LogP contribution in [0, 0.1) is 0 Å². The number of carbonyl (C=O) groups excluding carboxylic acids is 2. The van der Waals surface area contributed by atoms with Gasteiger partial charge in [0.05, 0.1) is 6.04 Å². The van der Waals surface area contributed by atoms with Gasteiger partial charge in [0.15, 0.2) is 0 Å². The van der Waals surface area contributed by atoms with Crippen LogP contribution in [0.25, 0.3) is 0 Å². The number of rotatable bonds is 3. The number of hydrogen-bond acceptors (Lipinski definition) is 3. The highest BCUT2D eigenvalue weighted by molar-refractivity contribution is 6.30. The molecule has 1 atom stereocenters. The number of nitrogens with two attached hydrogens (primary N) is 1. The van der Waals surface area contributed by atoms with Gasteiger partial charge in [-0.05, 0) is 56.5 Å². The Bertz CT molecular complexity index is 582. The average molecular weight is 336 g/mol. The summed E-state index contributed by atoms with van der Waals surface area (Å²) < 4.78 is 0. The van der Waals surface area contributed by atoms with Crippen LogP contribution in [0.5, 0.6) is 0 Å². The smallest absolute Gasteiger partial charge is 0.253 e. The summed E-state index contributed by atoms with van der Waals surface area (Å²) in [6.45, 7) is 2.37. The average Bonchev–Trinajstić information content (AvgIpc) is 3.05. The second-order valence-electron chi connectivity index (χ2n) is 6.33. The SMILES string of the molecule is NC(=O)[C@@H]1CCCN1C1CCN(C(=O)c2ccc(Cl)cc2)CC1. The van der Waals surface area contributed by atoms with Crippen LogP contribution in [0.2, 0.25) is 5.02 Å². The van der Waals surface area contributed by atoms with Gasteiger partial charge in [-0.3, -0.25) is 14.5 Å². The van der Waals surface area contributed by atoms with Crippen molar-refractivity contribution in [1.29, 1.82) is 0 Å². The number of benzene rings is 1. The molecule has 0 radical (unpaired) electrons. The predicted octanol–water partition coefficient (Wildman–Crippen LogP) is 1.89. The van der Waals surface area contributed by atoms with E-state index in [1.807, 2.05) is 4.90 Å². The van der Waals surface area contributed by atoms with Crippen LogP contribution < -0.4 is 5.73 Å². The van der Waals surface area contributed by atoms with Crippen molar-refractivity contribution in [2.75, 3.05) is 19.6 Å². The molecule has 1 aromatic carbocycles. The Kier molecular flexibility index (Phi) is 4.87. The molecule has 2 fully saturated rings. The number of halogens is 1. The van der Waals surface area contributed by atoms with Gasteiger partial charge in [0.2, 0.25) is 5.91 Å². The summed E-state index contributed by atoms with van der Waals surface area (Å²) in [5.41, 5.74) is 6.17. The van der Waals surface area contributed by atoms with E-state index in [2.05, 4.69) is 4.90 Å². The van der Waals surface area contributed by atoms with Crippen molar-refractivity contribution >= 4 is 23.4 Å². The number of primary amides is 1. The minimum Gasteiger partial charge on any atom is -0.368 e. The molecule has 6 heteroatoms. The van der Waals surface area contributed by atoms with Crippen molar-refractivity contribution in [2.45, 2.75) is 37.8 Å². The second-order valence-corrected chi connectivity index (χ2v) is 6.76. The zero-order valence-electron chi connectivity index (χ0n) is 13.1. The predicted molar refractivity (Wildman–Crippen MR) is 89.3 cm³/mol. The van der Waals surface area contributed by atoms with Crippen LogP contribution in [-0.2, 0) is 4.79 Å². The van der Waals surface area contributed by atoms with Crippen molar-refractivity contribution in [3.05, 3.63) is 34.9 Å². The molecule has 2 saturated heterocycles. The molecule has 0 unspecified atom stereocenters. The van der Waals surface area contributed by atoms with Crippen molar-refractivity contribution in [1.82, 2.24) is 9.80 Å². The number of nitrogens with zero attached hydrogens (tertiary/aromatic N) is 2. The summed E-state index contributed by atoms with van der Waals surface area (Å²) in [6, 6.07) is 7.23. The molecule has 0 spiro atoms. The fourth-order valence-corrected chi connectivity index (χ4v) is 3.83. The van der Waals surface area contributed by atoms with E-state index < -0.39 is 0 Å². The largest absolute Gasteiger partial charge is 0.368 e. The number of carbonyl (C=O) groups is 2. The molecule has 5 nitrogen and oxygen atoms in total. The zero-order chi connectivity index (χ0) is 16.4. The molecule has 2 aliphatic heterocycles. The highest BCUT2D eigenvalue weighted by Crippen LogP contribution is 2.26. The first-order valence-corrected chi connectivity index (χ1v) is 8.54. The quantitative estimate of drug-likeness (QED) is 0.917. The lowest BCUT2D eigenvalue weighted by atomic mass is 10.0. The minimum atomic E-state index is -0.220. The van der Waals surface area contributed by atoms with Gasteiger partial charge in [0, 0.05) is 29.7 Å². The lowest BCUT2D eigenvalue weighted by Gasteiger charge is -2.38. The lowest BCUT2D eigenvalue weighted by Crippen LogP contribution is -2.51. The van der Waals surface area contributed by atoms with Crippen LogP contribution >= 0.6 is 11.6 Å². The molecule has 3 rings (SSSR count). The monoisotopic (exact) mass is 335 g/mol. The summed E-state index contributed by atoms with van der Waals surface area (Å²) >= 11 is 5.86. The standard InChI is InChI=1S/C17H22ClN3O2/c18-13-5-3-12(4-6-13)17(23)20-10-7-14(8-11-20)21-9-1-2-15(21)16(19)22/h3-6,14-15H,1-2,7-11H2,(H2,19,22)/t15-/m0/s1. The van der Waals surface area contributed by atoms with Gasteiger partial charge in [0.25, 0.3) is 5.91 Å². The Hall–Kier alpha value is -1.59. The van der Waals surface area contributed by atoms with Gasteiger partial charge < -0.3 is 10.6 Å². The molecule has 2 aliphatic rings. The fraction of sp³-hybridized carbons (Fsp3) is 0.529. The first kappa shape index (κ1) is 16.3. The van der Waals surface area contributed by atoms with E-state index in [4.69, 9.17) is 17.3 Å². The lowest BCUT2D eigenvalue weighted by molar-refractivity contribution is -0.123.